The molecule has 132 valence electrons. The summed E-state index contributed by atoms with van der Waals surface area (Å²) in [5, 5.41) is 5.32. The number of pyridine rings is 1. The van der Waals surface area contributed by atoms with Gasteiger partial charge in [0.1, 0.15) is 5.82 Å². The highest BCUT2D eigenvalue weighted by Gasteiger charge is 2.19. The van der Waals surface area contributed by atoms with Crippen molar-refractivity contribution in [2.45, 2.75) is 25.7 Å². The average molecular weight is 345 g/mol. The number of anilines is 2. The first-order chi connectivity index (χ1) is 12.8. The maximum absolute atomic E-state index is 12.9. The summed E-state index contributed by atoms with van der Waals surface area (Å²) in [5.41, 5.74) is 1.45. The Labute approximate surface area is 153 Å². The van der Waals surface area contributed by atoms with Crippen molar-refractivity contribution < 1.29 is 4.79 Å². The van der Waals surface area contributed by atoms with E-state index >= 15 is 0 Å². The van der Waals surface area contributed by atoms with Crippen LogP contribution in [0.15, 0.2) is 60.8 Å². The largest absolute Gasteiger partial charge is 0.356 e. The van der Waals surface area contributed by atoms with Gasteiger partial charge in [-0.2, -0.15) is 0 Å². The third-order valence-electron chi connectivity index (χ3n) is 4.94. The SMILES string of the molecule is O=C(Nc1ccc2ccccc2c1)c1cccnc1N1CCCCCC1. The molecular weight excluding hydrogens is 322 g/mol. The fourth-order valence-electron chi connectivity index (χ4n) is 3.57. The zero-order valence-corrected chi connectivity index (χ0v) is 14.8. The lowest BCUT2D eigenvalue weighted by atomic mass is 10.1. The molecule has 1 N–H and O–H groups in total. The van der Waals surface area contributed by atoms with E-state index in [1.807, 2.05) is 42.5 Å². The van der Waals surface area contributed by atoms with Crippen molar-refractivity contribution >= 4 is 28.2 Å². The second-order valence-corrected chi connectivity index (χ2v) is 6.79. The molecule has 3 aromatic rings. The number of nitrogens with one attached hydrogen (secondary N) is 1. The number of amides is 1. The van der Waals surface area contributed by atoms with Crippen molar-refractivity contribution in [3.63, 3.8) is 0 Å². The predicted octanol–water partition coefficient (Wildman–Crippen LogP) is 4.87. The maximum atomic E-state index is 12.9. The molecule has 1 aliphatic rings. The number of rotatable bonds is 3. The zero-order chi connectivity index (χ0) is 17.8. The van der Waals surface area contributed by atoms with Crippen LogP contribution in [0.25, 0.3) is 10.8 Å². The lowest BCUT2D eigenvalue weighted by Crippen LogP contribution is -2.28. The summed E-state index contributed by atoms with van der Waals surface area (Å²) >= 11 is 0. The van der Waals surface area contributed by atoms with Gasteiger partial charge in [-0.15, -0.1) is 0 Å². The molecule has 0 radical (unpaired) electrons. The summed E-state index contributed by atoms with van der Waals surface area (Å²) in [4.78, 5) is 19.7. The van der Waals surface area contributed by atoms with E-state index in [1.54, 1.807) is 6.20 Å². The number of aromatic nitrogens is 1. The Morgan fingerprint density at radius 2 is 1.65 bits per heavy atom. The topological polar surface area (TPSA) is 45.2 Å². The van der Waals surface area contributed by atoms with Crippen LogP contribution in [0.5, 0.6) is 0 Å². The Morgan fingerprint density at radius 3 is 2.46 bits per heavy atom. The first kappa shape index (κ1) is 16.6. The number of hydrogen-bond donors (Lipinski definition) is 1. The van der Waals surface area contributed by atoms with Crippen LogP contribution in [0.2, 0.25) is 0 Å². The van der Waals surface area contributed by atoms with Crippen molar-refractivity contribution in [1.82, 2.24) is 4.98 Å². The first-order valence-electron chi connectivity index (χ1n) is 9.31. The summed E-state index contributed by atoms with van der Waals surface area (Å²) in [7, 11) is 0. The van der Waals surface area contributed by atoms with E-state index < -0.39 is 0 Å². The van der Waals surface area contributed by atoms with E-state index in [2.05, 4.69) is 27.3 Å². The minimum atomic E-state index is -0.104. The highest BCUT2D eigenvalue weighted by Crippen LogP contribution is 2.24. The van der Waals surface area contributed by atoms with Crippen molar-refractivity contribution in [3.8, 4) is 0 Å². The zero-order valence-electron chi connectivity index (χ0n) is 14.8. The Bertz CT molecular complexity index is 914. The van der Waals surface area contributed by atoms with Gasteiger partial charge >= 0.3 is 0 Å². The number of carbonyl (C=O) groups is 1. The van der Waals surface area contributed by atoms with Crippen molar-refractivity contribution in [3.05, 3.63) is 66.4 Å². The molecule has 0 atom stereocenters. The molecule has 0 saturated carbocycles. The molecule has 0 aliphatic carbocycles. The van der Waals surface area contributed by atoms with Crippen LogP contribution in [0.4, 0.5) is 11.5 Å². The van der Waals surface area contributed by atoms with Gasteiger partial charge in [-0.1, -0.05) is 43.2 Å². The van der Waals surface area contributed by atoms with Gasteiger partial charge in [0.2, 0.25) is 0 Å². The highest BCUT2D eigenvalue weighted by atomic mass is 16.1. The van der Waals surface area contributed by atoms with E-state index in [4.69, 9.17) is 0 Å². The maximum Gasteiger partial charge on any atom is 0.259 e. The summed E-state index contributed by atoms with van der Waals surface area (Å²) in [6, 6.07) is 17.8. The van der Waals surface area contributed by atoms with E-state index in [-0.39, 0.29) is 5.91 Å². The van der Waals surface area contributed by atoms with Gasteiger partial charge in [-0.25, -0.2) is 4.98 Å². The van der Waals surface area contributed by atoms with Crippen LogP contribution < -0.4 is 10.2 Å². The van der Waals surface area contributed by atoms with E-state index in [0.29, 0.717) is 5.56 Å². The standard InChI is InChI=1S/C22H23N3O/c26-22(24-19-12-11-17-8-3-4-9-18(17)16-19)20-10-7-13-23-21(20)25-14-5-1-2-6-15-25/h3-4,7-13,16H,1-2,5-6,14-15H2,(H,24,26). The number of fused-ring (bicyclic) bond motifs is 1. The molecular formula is C22H23N3O. The molecule has 1 aromatic heterocycles. The summed E-state index contributed by atoms with van der Waals surface area (Å²) in [6.07, 6.45) is 6.58. The predicted molar refractivity (Wildman–Crippen MR) is 107 cm³/mol. The molecule has 1 saturated heterocycles. The van der Waals surface area contributed by atoms with Crippen LogP contribution in [-0.4, -0.2) is 24.0 Å². The fourth-order valence-corrected chi connectivity index (χ4v) is 3.57. The third kappa shape index (κ3) is 3.54. The molecule has 0 unspecified atom stereocenters. The lowest BCUT2D eigenvalue weighted by molar-refractivity contribution is 0.102. The quantitative estimate of drug-likeness (QED) is 0.737. The minimum absolute atomic E-state index is 0.104. The number of hydrogen-bond acceptors (Lipinski definition) is 3. The summed E-state index contributed by atoms with van der Waals surface area (Å²) in [5.74, 6) is 0.695. The number of carbonyl (C=O) groups excluding carboxylic acids is 1. The molecule has 4 heteroatoms. The van der Waals surface area contributed by atoms with Gasteiger partial charge in [0, 0.05) is 25.0 Å². The molecule has 1 fully saturated rings. The molecule has 4 nitrogen and oxygen atoms in total. The van der Waals surface area contributed by atoms with E-state index in [9.17, 15) is 4.79 Å². The van der Waals surface area contributed by atoms with Crippen molar-refractivity contribution in [2.75, 3.05) is 23.3 Å². The average Bonchev–Trinajstić information content (AvgIpc) is 2.97. The second-order valence-electron chi connectivity index (χ2n) is 6.79. The van der Waals surface area contributed by atoms with Gasteiger partial charge in [-0.3, -0.25) is 4.79 Å². The van der Waals surface area contributed by atoms with Crippen molar-refractivity contribution in [2.24, 2.45) is 0 Å². The number of nitrogens with zero attached hydrogens (tertiary/aromatic N) is 2. The van der Waals surface area contributed by atoms with Gasteiger partial charge in [-0.05, 0) is 47.9 Å². The van der Waals surface area contributed by atoms with Crippen LogP contribution >= 0.6 is 0 Å². The molecule has 1 amide bonds. The van der Waals surface area contributed by atoms with E-state index in [0.717, 1.165) is 48.2 Å². The molecule has 2 aromatic carbocycles. The Kier molecular flexibility index (Phi) is 4.82. The minimum Gasteiger partial charge on any atom is -0.356 e. The molecule has 1 aliphatic heterocycles. The van der Waals surface area contributed by atoms with Crippen LogP contribution in [0.1, 0.15) is 36.0 Å². The first-order valence-corrected chi connectivity index (χ1v) is 9.31. The Morgan fingerprint density at radius 1 is 0.885 bits per heavy atom. The number of benzene rings is 2. The third-order valence-corrected chi connectivity index (χ3v) is 4.94. The van der Waals surface area contributed by atoms with Gasteiger partial charge in [0.15, 0.2) is 0 Å². The van der Waals surface area contributed by atoms with Crippen LogP contribution in [0.3, 0.4) is 0 Å². The van der Waals surface area contributed by atoms with E-state index in [1.165, 1.54) is 12.8 Å². The lowest BCUT2D eigenvalue weighted by Gasteiger charge is -2.23. The van der Waals surface area contributed by atoms with Gasteiger partial charge in [0.25, 0.3) is 5.91 Å². The van der Waals surface area contributed by atoms with Crippen LogP contribution in [0, 0.1) is 0 Å². The van der Waals surface area contributed by atoms with Gasteiger partial charge in [0.05, 0.1) is 5.56 Å². The Balaban J connectivity index is 1.59. The smallest absolute Gasteiger partial charge is 0.259 e. The summed E-state index contributed by atoms with van der Waals surface area (Å²) in [6.45, 7) is 1.93. The molecule has 26 heavy (non-hydrogen) atoms. The molecule has 0 spiro atoms. The molecule has 2 heterocycles. The second kappa shape index (κ2) is 7.56. The fraction of sp³-hybridized carbons (Fsp3) is 0.273. The Hall–Kier alpha value is -2.88. The van der Waals surface area contributed by atoms with Gasteiger partial charge < -0.3 is 10.2 Å². The normalized spacial score (nSPS) is 14.8. The molecule has 4 rings (SSSR count). The van der Waals surface area contributed by atoms with Crippen molar-refractivity contribution in [1.29, 1.82) is 0 Å². The molecule has 0 bridgehead atoms. The highest BCUT2D eigenvalue weighted by molar-refractivity contribution is 6.08. The summed E-state index contributed by atoms with van der Waals surface area (Å²) < 4.78 is 0. The van der Waals surface area contributed by atoms with Crippen LogP contribution in [-0.2, 0) is 0 Å². The monoisotopic (exact) mass is 345 g/mol.